The third kappa shape index (κ3) is 3.35. The van der Waals surface area contributed by atoms with Gasteiger partial charge in [-0.3, -0.25) is 4.79 Å². The van der Waals surface area contributed by atoms with Gasteiger partial charge >= 0.3 is 0 Å². The standard InChI is InChI=1S/C19H19N3O/c1-3-18(23)21-16-11-17-15(13-22(2)19(17)20-12-16)10-9-14-7-5-4-6-8-14/h3,7,11-13H,1,4-6,8H2,2H3,(H,21,23). The summed E-state index contributed by atoms with van der Waals surface area (Å²) in [4.78, 5) is 15.9. The first kappa shape index (κ1) is 15.1. The highest BCUT2D eigenvalue weighted by Crippen LogP contribution is 2.22. The maximum atomic E-state index is 11.4. The Bertz CT molecular complexity index is 862. The number of pyridine rings is 1. The molecule has 2 heterocycles. The SMILES string of the molecule is C=CC(=O)Nc1cnc2c(c1)c(C#CC1=CCCCC1)cn2C. The van der Waals surface area contributed by atoms with E-state index < -0.39 is 0 Å². The molecular formula is C19H19N3O. The Kier molecular flexibility index (Phi) is 4.29. The van der Waals surface area contributed by atoms with Crippen LogP contribution < -0.4 is 5.32 Å². The van der Waals surface area contributed by atoms with Crippen LogP contribution >= 0.6 is 0 Å². The van der Waals surface area contributed by atoms with Crippen LogP contribution in [0.3, 0.4) is 0 Å². The number of rotatable bonds is 2. The number of nitrogens with zero attached hydrogens (tertiary/aromatic N) is 2. The number of hydrogen-bond acceptors (Lipinski definition) is 2. The number of anilines is 1. The first-order valence-corrected chi connectivity index (χ1v) is 7.77. The van der Waals surface area contributed by atoms with Crippen LogP contribution in [0.1, 0.15) is 31.2 Å². The van der Waals surface area contributed by atoms with Gasteiger partial charge in [-0.2, -0.15) is 0 Å². The molecule has 0 spiro atoms. The molecule has 0 saturated carbocycles. The van der Waals surface area contributed by atoms with Gasteiger partial charge in [-0.25, -0.2) is 4.98 Å². The molecule has 0 unspecified atom stereocenters. The van der Waals surface area contributed by atoms with Crippen molar-refractivity contribution in [2.45, 2.75) is 25.7 Å². The van der Waals surface area contributed by atoms with Crippen molar-refractivity contribution in [1.82, 2.24) is 9.55 Å². The summed E-state index contributed by atoms with van der Waals surface area (Å²) in [6.45, 7) is 3.46. The molecule has 0 radical (unpaired) electrons. The van der Waals surface area contributed by atoms with Crippen LogP contribution in [-0.2, 0) is 11.8 Å². The highest BCUT2D eigenvalue weighted by atomic mass is 16.1. The third-order valence-electron chi connectivity index (χ3n) is 3.92. The van der Waals surface area contributed by atoms with Crippen molar-refractivity contribution in [2.75, 3.05) is 5.32 Å². The van der Waals surface area contributed by atoms with Crippen molar-refractivity contribution in [1.29, 1.82) is 0 Å². The van der Waals surface area contributed by atoms with E-state index in [2.05, 4.69) is 34.8 Å². The number of amides is 1. The first-order valence-electron chi connectivity index (χ1n) is 7.77. The van der Waals surface area contributed by atoms with Crippen molar-refractivity contribution in [3.8, 4) is 11.8 Å². The van der Waals surface area contributed by atoms with Crippen LogP contribution in [0.15, 0.2) is 42.8 Å². The number of hydrogen-bond donors (Lipinski definition) is 1. The fourth-order valence-corrected chi connectivity index (χ4v) is 2.72. The molecule has 23 heavy (non-hydrogen) atoms. The van der Waals surface area contributed by atoms with Gasteiger partial charge in [0.2, 0.25) is 5.91 Å². The summed E-state index contributed by atoms with van der Waals surface area (Å²) in [5.74, 6) is 6.29. The van der Waals surface area contributed by atoms with E-state index in [0.717, 1.165) is 29.4 Å². The lowest BCUT2D eigenvalue weighted by Crippen LogP contribution is -2.07. The van der Waals surface area contributed by atoms with Gasteiger partial charge in [0, 0.05) is 18.6 Å². The number of carbonyl (C=O) groups excluding carboxylic acids is 1. The van der Waals surface area contributed by atoms with Gasteiger partial charge in [-0.15, -0.1) is 0 Å². The zero-order valence-electron chi connectivity index (χ0n) is 13.2. The van der Waals surface area contributed by atoms with Gasteiger partial charge in [0.05, 0.1) is 17.4 Å². The molecule has 0 aliphatic heterocycles. The largest absolute Gasteiger partial charge is 0.334 e. The van der Waals surface area contributed by atoms with E-state index in [0.29, 0.717) is 5.69 Å². The number of nitrogens with one attached hydrogen (secondary N) is 1. The zero-order chi connectivity index (χ0) is 16.2. The van der Waals surface area contributed by atoms with E-state index in [1.807, 2.05) is 23.9 Å². The maximum absolute atomic E-state index is 11.4. The predicted molar refractivity (Wildman–Crippen MR) is 93.0 cm³/mol. The quantitative estimate of drug-likeness (QED) is 0.681. The Morgan fingerprint density at radius 3 is 3.04 bits per heavy atom. The van der Waals surface area contributed by atoms with Crippen LogP contribution in [0.2, 0.25) is 0 Å². The highest BCUT2D eigenvalue weighted by Gasteiger charge is 2.08. The molecule has 116 valence electrons. The molecule has 1 N–H and O–H groups in total. The fourth-order valence-electron chi connectivity index (χ4n) is 2.72. The molecule has 0 saturated heterocycles. The fraction of sp³-hybridized carbons (Fsp3) is 0.263. The predicted octanol–water partition coefficient (Wildman–Crippen LogP) is 3.55. The minimum atomic E-state index is -0.248. The molecule has 0 fully saturated rings. The monoisotopic (exact) mass is 305 g/mol. The molecule has 2 aromatic heterocycles. The zero-order valence-corrected chi connectivity index (χ0v) is 13.2. The van der Waals surface area contributed by atoms with Crippen molar-refractivity contribution < 1.29 is 4.79 Å². The molecule has 0 bridgehead atoms. The van der Waals surface area contributed by atoms with Gasteiger partial charge in [0.25, 0.3) is 0 Å². The van der Waals surface area contributed by atoms with Crippen molar-refractivity contribution in [3.05, 3.63) is 48.3 Å². The molecular weight excluding hydrogens is 286 g/mol. The number of aromatic nitrogens is 2. The lowest BCUT2D eigenvalue weighted by Gasteiger charge is -2.05. The Morgan fingerprint density at radius 2 is 2.30 bits per heavy atom. The number of allylic oxidation sites excluding steroid dienone is 2. The second-order valence-corrected chi connectivity index (χ2v) is 5.67. The van der Waals surface area contributed by atoms with Crippen molar-refractivity contribution >= 4 is 22.6 Å². The smallest absolute Gasteiger partial charge is 0.247 e. The van der Waals surface area contributed by atoms with Crippen LogP contribution in [0, 0.1) is 11.8 Å². The Balaban J connectivity index is 1.98. The number of aryl methyl sites for hydroxylation is 1. The summed E-state index contributed by atoms with van der Waals surface area (Å²) >= 11 is 0. The lowest BCUT2D eigenvalue weighted by atomic mass is 10.00. The van der Waals surface area contributed by atoms with Crippen LogP contribution in [-0.4, -0.2) is 15.5 Å². The molecule has 4 nitrogen and oxygen atoms in total. The van der Waals surface area contributed by atoms with Gasteiger partial charge < -0.3 is 9.88 Å². The molecule has 0 atom stereocenters. The van der Waals surface area contributed by atoms with Gasteiger partial charge in [0.1, 0.15) is 5.65 Å². The molecule has 1 amide bonds. The minimum Gasteiger partial charge on any atom is -0.334 e. The molecule has 3 rings (SSSR count). The Hall–Kier alpha value is -2.80. The van der Waals surface area contributed by atoms with E-state index in [1.165, 1.54) is 24.5 Å². The topological polar surface area (TPSA) is 46.9 Å². The summed E-state index contributed by atoms with van der Waals surface area (Å²) in [7, 11) is 1.95. The summed E-state index contributed by atoms with van der Waals surface area (Å²) in [5.41, 5.74) is 3.64. The molecule has 4 heteroatoms. The maximum Gasteiger partial charge on any atom is 0.247 e. The number of fused-ring (bicyclic) bond motifs is 1. The van der Waals surface area contributed by atoms with E-state index in [9.17, 15) is 4.79 Å². The second kappa shape index (κ2) is 6.53. The second-order valence-electron chi connectivity index (χ2n) is 5.67. The van der Waals surface area contributed by atoms with Gasteiger partial charge in [-0.1, -0.05) is 24.5 Å². The van der Waals surface area contributed by atoms with Gasteiger partial charge in [0.15, 0.2) is 0 Å². The minimum absolute atomic E-state index is 0.248. The van der Waals surface area contributed by atoms with E-state index in [4.69, 9.17) is 0 Å². The van der Waals surface area contributed by atoms with Crippen LogP contribution in [0.4, 0.5) is 5.69 Å². The molecule has 2 aromatic rings. The third-order valence-corrected chi connectivity index (χ3v) is 3.92. The van der Waals surface area contributed by atoms with Crippen molar-refractivity contribution in [3.63, 3.8) is 0 Å². The van der Waals surface area contributed by atoms with Crippen LogP contribution in [0.5, 0.6) is 0 Å². The van der Waals surface area contributed by atoms with Crippen molar-refractivity contribution in [2.24, 2.45) is 7.05 Å². The molecule has 1 aliphatic rings. The molecule has 0 aromatic carbocycles. The summed E-state index contributed by atoms with van der Waals surface area (Å²) in [5, 5.41) is 3.68. The summed E-state index contributed by atoms with van der Waals surface area (Å²) in [6, 6.07) is 1.91. The van der Waals surface area contributed by atoms with E-state index in [1.54, 1.807) is 6.20 Å². The Labute approximate surface area is 135 Å². The normalized spacial score (nSPS) is 13.9. The lowest BCUT2D eigenvalue weighted by molar-refractivity contribution is -0.111. The average Bonchev–Trinajstić information content (AvgIpc) is 2.89. The molecule has 1 aliphatic carbocycles. The van der Waals surface area contributed by atoms with Gasteiger partial charge in [-0.05, 0) is 43.4 Å². The highest BCUT2D eigenvalue weighted by molar-refractivity contribution is 6.00. The van der Waals surface area contributed by atoms with E-state index in [-0.39, 0.29) is 5.91 Å². The summed E-state index contributed by atoms with van der Waals surface area (Å²) in [6.07, 6.45) is 11.8. The number of carbonyl (C=O) groups is 1. The Morgan fingerprint density at radius 1 is 1.43 bits per heavy atom. The first-order chi connectivity index (χ1) is 11.2. The summed E-state index contributed by atoms with van der Waals surface area (Å²) < 4.78 is 1.95. The van der Waals surface area contributed by atoms with Crippen LogP contribution in [0.25, 0.3) is 11.0 Å². The van der Waals surface area contributed by atoms with E-state index >= 15 is 0 Å². The average molecular weight is 305 g/mol.